The fraction of sp³-hybridized carbons (Fsp3) is 0.600. The van der Waals surface area contributed by atoms with Crippen molar-refractivity contribution in [3.63, 3.8) is 0 Å². The molecule has 4 nitrogen and oxygen atoms in total. The summed E-state index contributed by atoms with van der Waals surface area (Å²) in [4.78, 5) is 2.57. The predicted octanol–water partition coefficient (Wildman–Crippen LogP) is 2.04. The van der Waals surface area contributed by atoms with Crippen LogP contribution >= 0.6 is 0 Å². The molecule has 0 saturated heterocycles. The van der Waals surface area contributed by atoms with Crippen LogP contribution in [0.2, 0.25) is 0 Å². The molecule has 0 fully saturated rings. The van der Waals surface area contributed by atoms with Gasteiger partial charge in [0.1, 0.15) is 0 Å². The van der Waals surface area contributed by atoms with Gasteiger partial charge in [0.05, 0.1) is 10.6 Å². The predicted molar refractivity (Wildman–Crippen MR) is 83.4 cm³/mol. The van der Waals surface area contributed by atoms with Crippen LogP contribution in [0.15, 0.2) is 29.2 Å². The number of benzene rings is 1. The lowest BCUT2D eigenvalue weighted by molar-refractivity contribution is 0.235. The molecule has 0 aliphatic carbocycles. The first-order valence-electron chi connectivity index (χ1n) is 7.16. The first kappa shape index (κ1) is 17.1. The Morgan fingerprint density at radius 3 is 2.50 bits per heavy atom. The van der Waals surface area contributed by atoms with Crippen molar-refractivity contribution in [1.29, 1.82) is 0 Å². The summed E-state index contributed by atoms with van der Waals surface area (Å²) < 4.78 is 24.7. The zero-order chi connectivity index (χ0) is 15.2. The molecule has 0 amide bonds. The Morgan fingerprint density at radius 1 is 1.25 bits per heavy atom. The third kappa shape index (κ3) is 4.89. The molecular weight excluding hydrogens is 272 g/mol. The van der Waals surface area contributed by atoms with Crippen molar-refractivity contribution in [1.82, 2.24) is 4.90 Å². The number of sulfone groups is 1. The Morgan fingerprint density at radius 2 is 1.95 bits per heavy atom. The van der Waals surface area contributed by atoms with Gasteiger partial charge in [-0.2, -0.15) is 0 Å². The average molecular weight is 298 g/mol. The molecule has 0 aliphatic rings. The molecule has 0 unspecified atom stereocenters. The highest BCUT2D eigenvalue weighted by Crippen LogP contribution is 2.14. The van der Waals surface area contributed by atoms with Gasteiger partial charge in [-0.3, -0.25) is 4.90 Å². The Bertz CT molecular complexity index is 512. The number of nitrogens with two attached hydrogens (primary N) is 1. The number of hydrogen-bond acceptors (Lipinski definition) is 4. The molecule has 0 spiro atoms. The number of rotatable bonds is 8. The first-order valence-corrected chi connectivity index (χ1v) is 8.81. The maximum absolute atomic E-state index is 12.4. The molecule has 1 aromatic carbocycles. The van der Waals surface area contributed by atoms with Crippen molar-refractivity contribution >= 4 is 9.84 Å². The van der Waals surface area contributed by atoms with Gasteiger partial charge in [0.2, 0.25) is 0 Å². The van der Waals surface area contributed by atoms with E-state index in [9.17, 15) is 8.42 Å². The molecule has 1 rings (SSSR count). The van der Waals surface area contributed by atoms with Crippen LogP contribution in [0.5, 0.6) is 0 Å². The van der Waals surface area contributed by atoms with E-state index in [2.05, 4.69) is 25.7 Å². The van der Waals surface area contributed by atoms with Crippen LogP contribution in [0.3, 0.4) is 0 Å². The van der Waals surface area contributed by atoms with E-state index in [0.717, 1.165) is 18.5 Å². The molecule has 5 heteroatoms. The summed E-state index contributed by atoms with van der Waals surface area (Å²) in [5.74, 6) is 0.152. The maximum Gasteiger partial charge on any atom is 0.179 e. The smallest absolute Gasteiger partial charge is 0.179 e. The van der Waals surface area contributed by atoms with Gasteiger partial charge in [0, 0.05) is 19.1 Å². The summed E-state index contributed by atoms with van der Waals surface area (Å²) in [6.45, 7) is 8.15. The van der Waals surface area contributed by atoms with Gasteiger partial charge in [-0.05, 0) is 44.5 Å². The molecule has 2 N–H and O–H groups in total. The zero-order valence-corrected chi connectivity index (χ0v) is 13.5. The van der Waals surface area contributed by atoms with Crippen LogP contribution < -0.4 is 5.73 Å². The normalized spacial score (nSPS) is 12.3. The van der Waals surface area contributed by atoms with Gasteiger partial charge in [-0.25, -0.2) is 8.42 Å². The molecule has 0 radical (unpaired) electrons. The van der Waals surface area contributed by atoms with E-state index >= 15 is 0 Å². The summed E-state index contributed by atoms with van der Waals surface area (Å²) in [6.07, 6.45) is 1.03. The molecule has 0 aromatic heterocycles. The standard InChI is InChI=1S/C15H26N2O2S/c1-4-8-17(13(2)3)9-10-20(18,19)15-7-5-6-14(11-15)12-16/h5-7,11,13H,4,8-10,12,16H2,1-3H3. The monoisotopic (exact) mass is 298 g/mol. The van der Waals surface area contributed by atoms with Gasteiger partial charge in [-0.15, -0.1) is 0 Å². The summed E-state index contributed by atoms with van der Waals surface area (Å²) in [7, 11) is -3.24. The van der Waals surface area contributed by atoms with E-state index in [1.165, 1.54) is 0 Å². The second kappa shape index (κ2) is 7.76. The van der Waals surface area contributed by atoms with Crippen molar-refractivity contribution in [3.05, 3.63) is 29.8 Å². The van der Waals surface area contributed by atoms with Crippen LogP contribution in [0.4, 0.5) is 0 Å². The lowest BCUT2D eigenvalue weighted by Gasteiger charge is -2.25. The summed E-state index contributed by atoms with van der Waals surface area (Å²) in [6, 6.07) is 7.28. The van der Waals surface area contributed by atoms with E-state index in [-0.39, 0.29) is 5.75 Å². The highest BCUT2D eigenvalue weighted by Gasteiger charge is 2.17. The third-order valence-corrected chi connectivity index (χ3v) is 5.07. The molecule has 0 aliphatic heterocycles. The Labute approximate surface area is 122 Å². The highest BCUT2D eigenvalue weighted by molar-refractivity contribution is 7.91. The van der Waals surface area contributed by atoms with Crippen LogP contribution in [0.1, 0.15) is 32.8 Å². The Kier molecular flexibility index (Phi) is 6.65. The van der Waals surface area contributed by atoms with Crippen LogP contribution in [-0.2, 0) is 16.4 Å². The lowest BCUT2D eigenvalue weighted by atomic mass is 10.2. The Balaban J connectivity index is 2.78. The maximum atomic E-state index is 12.4. The molecule has 114 valence electrons. The van der Waals surface area contributed by atoms with E-state index in [0.29, 0.717) is 24.0 Å². The van der Waals surface area contributed by atoms with E-state index in [1.54, 1.807) is 18.2 Å². The third-order valence-electron chi connectivity index (χ3n) is 3.38. The second-order valence-corrected chi connectivity index (χ2v) is 7.41. The molecule has 0 bridgehead atoms. The minimum atomic E-state index is -3.24. The van der Waals surface area contributed by atoms with Crippen LogP contribution in [0.25, 0.3) is 0 Å². The van der Waals surface area contributed by atoms with Crippen molar-refractivity contribution < 1.29 is 8.42 Å². The number of hydrogen-bond donors (Lipinski definition) is 1. The topological polar surface area (TPSA) is 63.4 Å². The van der Waals surface area contributed by atoms with Crippen LogP contribution in [0, 0.1) is 0 Å². The van der Waals surface area contributed by atoms with Gasteiger partial charge in [0.25, 0.3) is 0 Å². The van der Waals surface area contributed by atoms with E-state index < -0.39 is 9.84 Å². The van der Waals surface area contributed by atoms with E-state index in [4.69, 9.17) is 5.73 Å². The molecule has 20 heavy (non-hydrogen) atoms. The molecule has 0 atom stereocenters. The van der Waals surface area contributed by atoms with Crippen molar-refractivity contribution in [3.8, 4) is 0 Å². The van der Waals surface area contributed by atoms with Crippen molar-refractivity contribution in [2.24, 2.45) is 5.73 Å². The quantitative estimate of drug-likeness (QED) is 0.798. The fourth-order valence-electron chi connectivity index (χ4n) is 2.14. The minimum Gasteiger partial charge on any atom is -0.326 e. The summed E-state index contributed by atoms with van der Waals surface area (Å²) in [5, 5.41) is 0. The first-order chi connectivity index (χ1) is 9.40. The molecule has 0 saturated carbocycles. The largest absolute Gasteiger partial charge is 0.326 e. The molecule has 1 aromatic rings. The van der Waals surface area contributed by atoms with Gasteiger partial charge in [0.15, 0.2) is 9.84 Å². The SMILES string of the molecule is CCCN(CCS(=O)(=O)c1cccc(CN)c1)C(C)C. The summed E-state index contributed by atoms with van der Waals surface area (Å²) >= 11 is 0. The summed E-state index contributed by atoms with van der Waals surface area (Å²) in [5.41, 5.74) is 6.41. The second-order valence-electron chi connectivity index (χ2n) is 5.30. The average Bonchev–Trinajstić information content (AvgIpc) is 2.43. The fourth-order valence-corrected chi connectivity index (χ4v) is 3.46. The zero-order valence-electron chi connectivity index (χ0n) is 12.7. The van der Waals surface area contributed by atoms with Gasteiger partial charge >= 0.3 is 0 Å². The highest BCUT2D eigenvalue weighted by atomic mass is 32.2. The van der Waals surface area contributed by atoms with Gasteiger partial charge < -0.3 is 5.73 Å². The lowest BCUT2D eigenvalue weighted by Crippen LogP contribution is -2.35. The Hall–Kier alpha value is -0.910. The molecular formula is C15H26N2O2S. The van der Waals surface area contributed by atoms with Crippen LogP contribution in [-0.4, -0.2) is 38.2 Å². The number of nitrogens with zero attached hydrogens (tertiary/aromatic N) is 1. The minimum absolute atomic E-state index is 0.152. The van der Waals surface area contributed by atoms with Crippen molar-refractivity contribution in [2.75, 3.05) is 18.8 Å². The van der Waals surface area contributed by atoms with Gasteiger partial charge in [-0.1, -0.05) is 19.1 Å². The van der Waals surface area contributed by atoms with E-state index in [1.807, 2.05) is 6.07 Å². The van der Waals surface area contributed by atoms with Crippen molar-refractivity contribution in [2.45, 2.75) is 44.7 Å². The molecule has 0 heterocycles.